The van der Waals surface area contributed by atoms with Gasteiger partial charge in [-0.05, 0) is 53.7 Å². The van der Waals surface area contributed by atoms with Gasteiger partial charge in [-0.3, -0.25) is 4.98 Å². The van der Waals surface area contributed by atoms with Crippen LogP contribution in [0.5, 0.6) is 0 Å². The van der Waals surface area contributed by atoms with Crippen LogP contribution in [0.1, 0.15) is 36.8 Å². The van der Waals surface area contributed by atoms with Crippen molar-refractivity contribution in [3.05, 3.63) is 66.0 Å². The molecule has 0 unspecified atom stereocenters. The number of aromatic nitrogens is 1. The summed E-state index contributed by atoms with van der Waals surface area (Å²) in [6.45, 7) is -0.0295. The van der Waals surface area contributed by atoms with Crippen LogP contribution in [0.25, 0.3) is 5.57 Å². The van der Waals surface area contributed by atoms with Crippen LogP contribution in [-0.4, -0.2) is 25.1 Å². The van der Waals surface area contributed by atoms with Gasteiger partial charge in [0.2, 0.25) is 0 Å². The molecule has 3 rings (SSSR count). The first-order chi connectivity index (χ1) is 12.1. The first-order valence-electron chi connectivity index (χ1n) is 8.62. The molecule has 1 aliphatic rings. The summed E-state index contributed by atoms with van der Waals surface area (Å²) in [5, 5.41) is 9.67. The van der Waals surface area contributed by atoms with Gasteiger partial charge in [0.1, 0.15) is 0 Å². The van der Waals surface area contributed by atoms with Gasteiger partial charge < -0.3 is 5.11 Å². The molecule has 1 aromatic carbocycles. The largest absolute Gasteiger partial charge is 0.392 e. The third kappa shape index (κ3) is 4.55. The molecule has 1 fully saturated rings. The fraction of sp³-hybridized carbons (Fsp3) is 0.350. The van der Waals surface area contributed by atoms with Crippen LogP contribution in [0.2, 0.25) is 0 Å². The molecule has 0 aliphatic heterocycles. The predicted octanol–water partition coefficient (Wildman–Crippen LogP) is 3.62. The molecule has 0 saturated heterocycles. The van der Waals surface area contributed by atoms with Gasteiger partial charge in [-0.15, -0.1) is 0 Å². The Morgan fingerprint density at radius 2 is 1.88 bits per heavy atom. The highest BCUT2D eigenvalue weighted by atomic mass is 32.2. The number of nitrogens with zero attached hydrogens (tertiary/aromatic N) is 1. The van der Waals surface area contributed by atoms with E-state index in [1.807, 2.05) is 0 Å². The standard InChI is InChI=1S/C20H23NO3S/c22-14-19(12-16-4-1-2-5-16)18-7-9-20(10-8-18)25(23,24)15-17-6-3-11-21-13-17/h3,6-13,16,22H,1-2,4-5,14-15H2/b19-12-. The number of aliphatic hydroxyl groups excluding tert-OH is 1. The Balaban J connectivity index is 1.79. The molecule has 1 N–H and O–H groups in total. The number of benzene rings is 1. The second-order valence-electron chi connectivity index (χ2n) is 6.54. The van der Waals surface area contributed by atoms with Gasteiger partial charge >= 0.3 is 0 Å². The van der Waals surface area contributed by atoms with E-state index in [0.717, 1.165) is 11.1 Å². The van der Waals surface area contributed by atoms with Gasteiger partial charge in [0.15, 0.2) is 9.84 Å². The summed E-state index contributed by atoms with van der Waals surface area (Å²) in [7, 11) is -3.41. The van der Waals surface area contributed by atoms with Crippen molar-refractivity contribution in [2.75, 3.05) is 6.61 Å². The molecule has 0 bridgehead atoms. The Morgan fingerprint density at radius 1 is 1.16 bits per heavy atom. The quantitative estimate of drug-likeness (QED) is 0.857. The second kappa shape index (κ2) is 7.93. The van der Waals surface area contributed by atoms with Crippen molar-refractivity contribution in [1.29, 1.82) is 0 Å². The molecule has 1 aromatic heterocycles. The molecule has 1 saturated carbocycles. The lowest BCUT2D eigenvalue weighted by Gasteiger charge is -2.10. The van der Waals surface area contributed by atoms with E-state index in [0.29, 0.717) is 16.4 Å². The maximum Gasteiger partial charge on any atom is 0.182 e. The van der Waals surface area contributed by atoms with Gasteiger partial charge in [-0.2, -0.15) is 0 Å². The Kier molecular flexibility index (Phi) is 5.66. The molecule has 5 heteroatoms. The average Bonchev–Trinajstić information content (AvgIpc) is 3.13. The van der Waals surface area contributed by atoms with Crippen molar-refractivity contribution >= 4 is 15.4 Å². The van der Waals surface area contributed by atoms with Crippen LogP contribution in [0.4, 0.5) is 0 Å². The Bertz CT molecular complexity index is 821. The van der Waals surface area contributed by atoms with Crippen molar-refractivity contribution in [1.82, 2.24) is 4.98 Å². The monoisotopic (exact) mass is 357 g/mol. The number of hydrogen-bond acceptors (Lipinski definition) is 4. The normalized spacial score (nSPS) is 16.3. The highest BCUT2D eigenvalue weighted by molar-refractivity contribution is 7.90. The van der Waals surface area contributed by atoms with E-state index >= 15 is 0 Å². The zero-order valence-electron chi connectivity index (χ0n) is 14.1. The van der Waals surface area contributed by atoms with Crippen LogP contribution in [-0.2, 0) is 15.6 Å². The van der Waals surface area contributed by atoms with Crippen LogP contribution in [0.3, 0.4) is 0 Å². The van der Waals surface area contributed by atoms with E-state index in [-0.39, 0.29) is 12.4 Å². The fourth-order valence-corrected chi connectivity index (χ4v) is 4.64. The minimum atomic E-state index is -3.41. The maximum atomic E-state index is 12.5. The van der Waals surface area contributed by atoms with E-state index < -0.39 is 9.84 Å². The van der Waals surface area contributed by atoms with Crippen LogP contribution in [0.15, 0.2) is 59.8 Å². The summed E-state index contributed by atoms with van der Waals surface area (Å²) in [4.78, 5) is 4.25. The lowest BCUT2D eigenvalue weighted by molar-refractivity contribution is 0.349. The van der Waals surface area contributed by atoms with Crippen LogP contribution < -0.4 is 0 Å². The van der Waals surface area contributed by atoms with Gasteiger partial charge in [-0.1, -0.05) is 37.1 Å². The van der Waals surface area contributed by atoms with Crippen LogP contribution >= 0.6 is 0 Å². The SMILES string of the molecule is O=S(=O)(Cc1cccnc1)c1ccc(/C(=C\C2CCCC2)CO)cc1. The van der Waals surface area contributed by atoms with E-state index in [2.05, 4.69) is 11.1 Å². The molecule has 4 nitrogen and oxygen atoms in total. The van der Waals surface area contributed by atoms with Gasteiger partial charge in [0.25, 0.3) is 0 Å². The third-order valence-electron chi connectivity index (χ3n) is 4.67. The van der Waals surface area contributed by atoms with E-state index in [4.69, 9.17) is 0 Å². The van der Waals surface area contributed by atoms with Crippen molar-refractivity contribution in [3.8, 4) is 0 Å². The van der Waals surface area contributed by atoms with E-state index in [1.165, 1.54) is 25.7 Å². The average molecular weight is 357 g/mol. The topological polar surface area (TPSA) is 67.3 Å². The highest BCUT2D eigenvalue weighted by Gasteiger charge is 2.17. The summed E-state index contributed by atoms with van der Waals surface area (Å²) in [6.07, 6.45) is 10.2. The van der Waals surface area contributed by atoms with Gasteiger partial charge in [0.05, 0.1) is 17.3 Å². The molecule has 0 atom stereocenters. The zero-order chi connectivity index (χ0) is 17.7. The van der Waals surface area contributed by atoms with Gasteiger partial charge in [-0.25, -0.2) is 8.42 Å². The molecule has 1 aliphatic carbocycles. The third-order valence-corrected chi connectivity index (χ3v) is 6.37. The summed E-state index contributed by atoms with van der Waals surface area (Å²) in [5.74, 6) is 0.460. The second-order valence-corrected chi connectivity index (χ2v) is 8.53. The number of hydrogen-bond donors (Lipinski definition) is 1. The Morgan fingerprint density at radius 3 is 2.48 bits per heavy atom. The maximum absolute atomic E-state index is 12.5. The highest BCUT2D eigenvalue weighted by Crippen LogP contribution is 2.29. The van der Waals surface area contributed by atoms with Crippen molar-refractivity contribution in [3.63, 3.8) is 0 Å². The molecule has 0 spiro atoms. The summed E-state index contributed by atoms with van der Waals surface area (Å²) in [6, 6.07) is 10.3. The molecule has 0 amide bonds. The van der Waals surface area contributed by atoms with Gasteiger partial charge in [0, 0.05) is 12.4 Å². The number of aliphatic hydroxyl groups is 1. The Hall–Kier alpha value is -1.98. The van der Waals surface area contributed by atoms with E-state index in [9.17, 15) is 13.5 Å². The summed E-state index contributed by atoms with van der Waals surface area (Å²) < 4.78 is 25.1. The van der Waals surface area contributed by atoms with Crippen molar-refractivity contribution < 1.29 is 13.5 Å². The molecule has 0 radical (unpaired) electrons. The zero-order valence-corrected chi connectivity index (χ0v) is 15.0. The first-order valence-corrected chi connectivity index (χ1v) is 10.3. The Labute approximate surface area is 149 Å². The summed E-state index contributed by atoms with van der Waals surface area (Å²) in [5.41, 5.74) is 2.43. The minimum Gasteiger partial charge on any atom is -0.392 e. The minimum absolute atomic E-state index is 0.0295. The van der Waals surface area contributed by atoms with Crippen molar-refractivity contribution in [2.24, 2.45) is 5.92 Å². The molecule has 25 heavy (non-hydrogen) atoms. The fourth-order valence-electron chi connectivity index (χ4n) is 3.31. The molecule has 2 aromatic rings. The molecule has 132 valence electrons. The lowest BCUT2D eigenvalue weighted by Crippen LogP contribution is -2.05. The molecular formula is C20H23NO3S. The molecular weight excluding hydrogens is 334 g/mol. The van der Waals surface area contributed by atoms with E-state index in [1.54, 1.807) is 48.8 Å². The van der Waals surface area contributed by atoms with Crippen LogP contribution in [0, 0.1) is 5.92 Å². The number of rotatable bonds is 6. The first kappa shape index (κ1) is 17.8. The predicted molar refractivity (Wildman–Crippen MR) is 98.6 cm³/mol. The number of sulfone groups is 1. The lowest BCUT2D eigenvalue weighted by atomic mass is 9.99. The molecule has 1 heterocycles. The van der Waals surface area contributed by atoms with Crippen molar-refractivity contribution in [2.45, 2.75) is 36.3 Å². The number of allylic oxidation sites excluding steroid dienone is 1. The summed E-state index contributed by atoms with van der Waals surface area (Å²) >= 11 is 0. The number of pyridine rings is 1. The smallest absolute Gasteiger partial charge is 0.182 e.